The fourth-order valence-corrected chi connectivity index (χ4v) is 1.32. The summed E-state index contributed by atoms with van der Waals surface area (Å²) in [5.74, 6) is 1.71. The van der Waals surface area contributed by atoms with Gasteiger partial charge in [-0.15, -0.1) is 0 Å². The highest BCUT2D eigenvalue weighted by Gasteiger charge is 2.14. The minimum atomic E-state index is 0.856. The van der Waals surface area contributed by atoms with Gasteiger partial charge in [-0.1, -0.05) is 13.8 Å². The van der Waals surface area contributed by atoms with E-state index in [1.807, 2.05) is 0 Å². The monoisotopic (exact) mass is 110 g/mol. The average Bonchev–Trinajstić information content (AvgIpc) is 1.64. The van der Waals surface area contributed by atoms with Gasteiger partial charge in [-0.3, -0.25) is 0 Å². The van der Waals surface area contributed by atoms with Gasteiger partial charge in [-0.05, 0) is 37.5 Å². The van der Waals surface area contributed by atoms with Crippen LogP contribution in [0.25, 0.3) is 0 Å². The van der Waals surface area contributed by atoms with Crippen molar-refractivity contribution in [3.05, 3.63) is 12.8 Å². The largest absolute Gasteiger partial charge is 0.0622 e. The van der Waals surface area contributed by atoms with Crippen molar-refractivity contribution in [2.75, 3.05) is 0 Å². The summed E-state index contributed by atoms with van der Waals surface area (Å²) in [6, 6.07) is 0. The molecule has 0 saturated heterocycles. The Morgan fingerprint density at radius 2 is 1.62 bits per heavy atom. The van der Waals surface area contributed by atoms with Crippen LogP contribution in [0.5, 0.6) is 0 Å². The third-order valence-electron chi connectivity index (χ3n) is 1.82. The molecule has 0 heteroatoms. The van der Waals surface area contributed by atoms with Crippen molar-refractivity contribution >= 4 is 0 Å². The van der Waals surface area contributed by atoms with Crippen LogP contribution in [-0.2, 0) is 0 Å². The molecule has 0 aromatic rings. The Labute approximate surface area is 52.3 Å². The van der Waals surface area contributed by atoms with E-state index in [2.05, 4.69) is 26.7 Å². The Kier molecular flexibility index (Phi) is 1.93. The first kappa shape index (κ1) is 6.12. The third-order valence-corrected chi connectivity index (χ3v) is 1.82. The lowest BCUT2D eigenvalue weighted by Crippen LogP contribution is -2.10. The predicted octanol–water partition coefficient (Wildman–Crippen LogP) is 2.46. The summed E-state index contributed by atoms with van der Waals surface area (Å²) >= 11 is 0. The molecule has 46 valence electrons. The van der Waals surface area contributed by atoms with Crippen LogP contribution in [0.15, 0.2) is 0 Å². The Morgan fingerprint density at radius 1 is 1.12 bits per heavy atom. The van der Waals surface area contributed by atoms with Gasteiger partial charge in [-0.25, -0.2) is 0 Å². The van der Waals surface area contributed by atoms with Crippen LogP contribution < -0.4 is 0 Å². The molecule has 0 aromatic heterocycles. The van der Waals surface area contributed by atoms with Crippen LogP contribution >= 0.6 is 0 Å². The highest BCUT2D eigenvalue weighted by atomic mass is 14.2. The number of rotatable bonds is 0. The van der Waals surface area contributed by atoms with E-state index in [0.29, 0.717) is 0 Å². The lowest BCUT2D eigenvalue weighted by molar-refractivity contribution is 0.438. The minimum absolute atomic E-state index is 0.856. The Morgan fingerprint density at radius 3 is 1.88 bits per heavy atom. The maximum atomic E-state index is 2.39. The number of hydrogen-bond acceptors (Lipinski definition) is 0. The lowest BCUT2D eigenvalue weighted by Gasteiger charge is -2.22. The molecule has 2 atom stereocenters. The second-order valence-electron chi connectivity index (χ2n) is 2.90. The van der Waals surface area contributed by atoms with E-state index in [0.717, 1.165) is 11.8 Å². The van der Waals surface area contributed by atoms with E-state index in [1.165, 1.54) is 12.8 Å². The molecule has 8 heavy (non-hydrogen) atoms. The van der Waals surface area contributed by atoms with Crippen molar-refractivity contribution in [1.82, 2.24) is 0 Å². The first-order valence-corrected chi connectivity index (χ1v) is 3.45. The average molecular weight is 110 g/mol. The predicted molar refractivity (Wildman–Crippen MR) is 36.2 cm³/mol. The molecular formula is C8H14. The number of hydrogen-bond donors (Lipinski definition) is 0. The summed E-state index contributed by atoms with van der Waals surface area (Å²) in [4.78, 5) is 0. The molecule has 1 aliphatic carbocycles. The van der Waals surface area contributed by atoms with Crippen LogP contribution in [0, 0.1) is 24.7 Å². The molecule has 0 heterocycles. The SMILES string of the molecule is CC1[CH]C[CH]C(C)C1. The zero-order valence-electron chi connectivity index (χ0n) is 5.72. The normalized spacial score (nSPS) is 39.8. The van der Waals surface area contributed by atoms with Gasteiger partial charge in [0.25, 0.3) is 0 Å². The van der Waals surface area contributed by atoms with E-state index in [1.54, 1.807) is 0 Å². The molecule has 0 aliphatic heterocycles. The van der Waals surface area contributed by atoms with Gasteiger partial charge in [0.15, 0.2) is 0 Å². The van der Waals surface area contributed by atoms with Crippen molar-refractivity contribution < 1.29 is 0 Å². The van der Waals surface area contributed by atoms with E-state index in [9.17, 15) is 0 Å². The molecule has 0 amide bonds. The van der Waals surface area contributed by atoms with Crippen molar-refractivity contribution in [2.45, 2.75) is 26.7 Å². The van der Waals surface area contributed by atoms with Gasteiger partial charge in [0.05, 0.1) is 0 Å². The van der Waals surface area contributed by atoms with Gasteiger partial charge in [-0.2, -0.15) is 0 Å². The second-order valence-corrected chi connectivity index (χ2v) is 2.90. The van der Waals surface area contributed by atoms with Gasteiger partial charge in [0, 0.05) is 0 Å². The van der Waals surface area contributed by atoms with Crippen molar-refractivity contribution in [3.63, 3.8) is 0 Å². The molecule has 1 saturated carbocycles. The van der Waals surface area contributed by atoms with E-state index in [4.69, 9.17) is 0 Å². The van der Waals surface area contributed by atoms with Crippen LogP contribution in [0.3, 0.4) is 0 Å². The highest BCUT2D eigenvalue weighted by Crippen LogP contribution is 2.25. The van der Waals surface area contributed by atoms with Crippen LogP contribution in [0.2, 0.25) is 0 Å². The molecule has 0 spiro atoms. The van der Waals surface area contributed by atoms with Crippen molar-refractivity contribution in [3.8, 4) is 0 Å². The quantitative estimate of drug-likeness (QED) is 0.449. The molecule has 0 N–H and O–H groups in total. The molecule has 0 bridgehead atoms. The highest BCUT2D eigenvalue weighted by molar-refractivity contribution is 4.90. The molecule has 0 nitrogen and oxygen atoms in total. The molecule has 2 radical (unpaired) electrons. The topological polar surface area (TPSA) is 0 Å². The summed E-state index contributed by atoms with van der Waals surface area (Å²) in [6.45, 7) is 4.59. The standard InChI is InChI=1S/C8H14/c1-7-4-3-5-8(2)6-7/h4-5,7-8H,3,6H2,1-2H3. The zero-order chi connectivity index (χ0) is 5.98. The van der Waals surface area contributed by atoms with Gasteiger partial charge in [0.1, 0.15) is 0 Å². The summed E-state index contributed by atoms with van der Waals surface area (Å²) in [6.07, 6.45) is 7.36. The van der Waals surface area contributed by atoms with Gasteiger partial charge in [0.2, 0.25) is 0 Å². The first-order valence-electron chi connectivity index (χ1n) is 3.45. The zero-order valence-corrected chi connectivity index (χ0v) is 5.72. The van der Waals surface area contributed by atoms with Crippen LogP contribution in [0.1, 0.15) is 26.7 Å². The lowest BCUT2D eigenvalue weighted by atomic mass is 9.84. The van der Waals surface area contributed by atoms with Crippen molar-refractivity contribution in [2.24, 2.45) is 11.8 Å². The summed E-state index contributed by atoms with van der Waals surface area (Å²) < 4.78 is 0. The van der Waals surface area contributed by atoms with E-state index in [-0.39, 0.29) is 0 Å². The maximum absolute atomic E-state index is 2.39. The molecule has 1 fully saturated rings. The smallest absolute Gasteiger partial charge is 0.0354 e. The van der Waals surface area contributed by atoms with Crippen LogP contribution in [-0.4, -0.2) is 0 Å². The fourth-order valence-electron chi connectivity index (χ4n) is 1.32. The Bertz CT molecular complexity index is 58.4. The molecule has 0 aromatic carbocycles. The van der Waals surface area contributed by atoms with Gasteiger partial charge < -0.3 is 0 Å². The summed E-state index contributed by atoms with van der Waals surface area (Å²) in [7, 11) is 0. The maximum Gasteiger partial charge on any atom is -0.0354 e. The van der Waals surface area contributed by atoms with E-state index < -0.39 is 0 Å². The van der Waals surface area contributed by atoms with Crippen LogP contribution in [0.4, 0.5) is 0 Å². The van der Waals surface area contributed by atoms with Crippen molar-refractivity contribution in [1.29, 1.82) is 0 Å². The van der Waals surface area contributed by atoms with Gasteiger partial charge >= 0.3 is 0 Å². The third kappa shape index (κ3) is 1.50. The molecule has 1 aliphatic rings. The molecular weight excluding hydrogens is 96.1 g/mol. The molecule has 2 unspecified atom stereocenters. The Balaban J connectivity index is 2.23. The molecule has 1 rings (SSSR count). The van der Waals surface area contributed by atoms with E-state index >= 15 is 0 Å². The summed E-state index contributed by atoms with van der Waals surface area (Å²) in [5.41, 5.74) is 0. The first-order chi connectivity index (χ1) is 3.79. The minimum Gasteiger partial charge on any atom is -0.0622 e. The summed E-state index contributed by atoms with van der Waals surface area (Å²) in [5, 5.41) is 0. The fraction of sp³-hybridized carbons (Fsp3) is 0.750. The second kappa shape index (κ2) is 2.52. The Hall–Kier alpha value is 0.